The number of thioether (sulfide) groups is 1. The van der Waals surface area contributed by atoms with Crippen molar-refractivity contribution in [3.05, 3.63) is 18.2 Å². The van der Waals surface area contributed by atoms with E-state index in [4.69, 9.17) is 10.5 Å². The average molecular weight is 282 g/mol. The Balaban J connectivity index is 2.54. The third-order valence-electron chi connectivity index (χ3n) is 2.71. The van der Waals surface area contributed by atoms with Crippen LogP contribution < -0.4 is 15.8 Å². The van der Waals surface area contributed by atoms with E-state index in [0.717, 1.165) is 36.6 Å². The molecule has 3 N–H and O–H groups in total. The van der Waals surface area contributed by atoms with E-state index < -0.39 is 0 Å². The molecule has 4 heteroatoms. The Bertz CT molecular complexity index is 371. The number of nitrogens with two attached hydrogens (primary N) is 1. The van der Waals surface area contributed by atoms with Gasteiger partial charge >= 0.3 is 0 Å². The van der Waals surface area contributed by atoms with E-state index >= 15 is 0 Å². The first kappa shape index (κ1) is 16.0. The van der Waals surface area contributed by atoms with Gasteiger partial charge in [0, 0.05) is 29.5 Å². The van der Waals surface area contributed by atoms with Crippen LogP contribution in [0.1, 0.15) is 33.6 Å². The fourth-order valence-electron chi connectivity index (χ4n) is 1.77. The molecule has 0 bridgehead atoms. The molecule has 1 rings (SSSR count). The van der Waals surface area contributed by atoms with Crippen molar-refractivity contribution in [3.8, 4) is 5.75 Å². The quantitative estimate of drug-likeness (QED) is 0.531. The molecule has 3 nitrogen and oxygen atoms in total. The van der Waals surface area contributed by atoms with Crippen LogP contribution >= 0.6 is 11.8 Å². The largest absolute Gasteiger partial charge is 0.493 e. The molecular formula is C15H26N2OS. The average Bonchev–Trinajstić information content (AvgIpc) is 2.36. The third-order valence-corrected chi connectivity index (χ3v) is 3.65. The number of nitrogen functional groups attached to an aromatic ring is 1. The molecule has 0 fully saturated rings. The molecule has 19 heavy (non-hydrogen) atoms. The van der Waals surface area contributed by atoms with Crippen LogP contribution in [-0.2, 0) is 0 Å². The molecule has 0 heterocycles. The number of anilines is 2. The van der Waals surface area contributed by atoms with Crippen LogP contribution in [0, 0.1) is 0 Å². The minimum absolute atomic E-state index is 0.444. The van der Waals surface area contributed by atoms with Crippen molar-refractivity contribution in [2.75, 3.05) is 29.2 Å². The molecule has 1 aromatic carbocycles. The van der Waals surface area contributed by atoms with Crippen LogP contribution in [0.15, 0.2) is 18.2 Å². The highest BCUT2D eigenvalue weighted by Gasteiger charge is 2.04. The van der Waals surface area contributed by atoms with Crippen LogP contribution in [0.4, 0.5) is 11.4 Å². The SMILES string of the molecule is CCCOc1cc(N)cc(NC(C)CCSCC)c1. The number of rotatable bonds is 9. The van der Waals surface area contributed by atoms with Crippen molar-refractivity contribution in [2.45, 2.75) is 39.7 Å². The lowest BCUT2D eigenvalue weighted by Gasteiger charge is -2.16. The molecule has 0 saturated heterocycles. The summed E-state index contributed by atoms with van der Waals surface area (Å²) in [5, 5.41) is 3.49. The Labute approximate surface area is 121 Å². The summed E-state index contributed by atoms with van der Waals surface area (Å²) in [5.74, 6) is 3.21. The molecule has 0 aliphatic rings. The first-order chi connectivity index (χ1) is 9.15. The highest BCUT2D eigenvalue weighted by atomic mass is 32.2. The van der Waals surface area contributed by atoms with Crippen LogP contribution in [0.25, 0.3) is 0 Å². The maximum absolute atomic E-state index is 5.90. The van der Waals surface area contributed by atoms with Crippen molar-refractivity contribution >= 4 is 23.1 Å². The van der Waals surface area contributed by atoms with E-state index in [2.05, 4.69) is 26.1 Å². The fraction of sp³-hybridized carbons (Fsp3) is 0.600. The second kappa shape index (κ2) is 8.97. The van der Waals surface area contributed by atoms with E-state index in [1.54, 1.807) is 0 Å². The molecular weight excluding hydrogens is 256 g/mol. The van der Waals surface area contributed by atoms with Crippen molar-refractivity contribution in [2.24, 2.45) is 0 Å². The van der Waals surface area contributed by atoms with E-state index in [9.17, 15) is 0 Å². The second-order valence-electron chi connectivity index (χ2n) is 4.67. The van der Waals surface area contributed by atoms with Gasteiger partial charge in [-0.1, -0.05) is 13.8 Å². The standard InChI is InChI=1S/C15H26N2OS/c1-4-7-18-15-10-13(16)9-14(11-15)17-12(3)6-8-19-5-2/h9-12,17H,4-8,16H2,1-3H3. The predicted molar refractivity (Wildman–Crippen MR) is 87.3 cm³/mol. The molecule has 0 aliphatic heterocycles. The smallest absolute Gasteiger partial charge is 0.123 e. The Hall–Kier alpha value is -1.03. The predicted octanol–water partition coefficient (Wildman–Crippen LogP) is 4.00. The van der Waals surface area contributed by atoms with E-state index in [-0.39, 0.29) is 0 Å². The first-order valence-corrected chi connectivity index (χ1v) is 8.18. The molecule has 0 aromatic heterocycles. The summed E-state index contributed by atoms with van der Waals surface area (Å²) in [6.45, 7) is 7.22. The van der Waals surface area contributed by atoms with Gasteiger partial charge in [-0.2, -0.15) is 11.8 Å². The summed E-state index contributed by atoms with van der Waals surface area (Å²) in [4.78, 5) is 0. The molecule has 1 atom stereocenters. The van der Waals surface area contributed by atoms with Gasteiger partial charge in [-0.3, -0.25) is 0 Å². The zero-order valence-corrected chi connectivity index (χ0v) is 13.1. The molecule has 1 unspecified atom stereocenters. The van der Waals surface area contributed by atoms with Crippen LogP contribution in [0.3, 0.4) is 0 Å². The normalized spacial score (nSPS) is 12.2. The minimum atomic E-state index is 0.444. The molecule has 0 aliphatic carbocycles. The molecule has 0 saturated carbocycles. The summed E-state index contributed by atoms with van der Waals surface area (Å²) in [7, 11) is 0. The van der Waals surface area contributed by atoms with Gasteiger partial charge in [0.1, 0.15) is 5.75 Å². The van der Waals surface area contributed by atoms with Crippen LogP contribution in [0.5, 0.6) is 5.75 Å². The van der Waals surface area contributed by atoms with Gasteiger partial charge in [-0.05, 0) is 37.3 Å². The molecule has 0 spiro atoms. The number of benzene rings is 1. The van der Waals surface area contributed by atoms with Gasteiger partial charge in [-0.25, -0.2) is 0 Å². The van der Waals surface area contributed by atoms with Crippen molar-refractivity contribution < 1.29 is 4.74 Å². The summed E-state index contributed by atoms with van der Waals surface area (Å²) >= 11 is 1.98. The number of hydrogen-bond acceptors (Lipinski definition) is 4. The van der Waals surface area contributed by atoms with Crippen LogP contribution in [-0.4, -0.2) is 24.2 Å². The molecule has 0 radical (unpaired) electrons. The summed E-state index contributed by atoms with van der Waals surface area (Å²) < 4.78 is 5.63. The summed E-state index contributed by atoms with van der Waals surface area (Å²) in [5.41, 5.74) is 7.69. The van der Waals surface area contributed by atoms with E-state index in [1.165, 1.54) is 11.5 Å². The maximum atomic E-state index is 5.90. The van der Waals surface area contributed by atoms with Crippen molar-refractivity contribution in [1.29, 1.82) is 0 Å². The van der Waals surface area contributed by atoms with E-state index in [1.807, 2.05) is 30.0 Å². The maximum Gasteiger partial charge on any atom is 0.123 e. The minimum Gasteiger partial charge on any atom is -0.493 e. The van der Waals surface area contributed by atoms with Crippen molar-refractivity contribution in [3.63, 3.8) is 0 Å². The Kier molecular flexibility index (Phi) is 7.56. The van der Waals surface area contributed by atoms with Gasteiger partial charge in [0.15, 0.2) is 0 Å². The van der Waals surface area contributed by atoms with Gasteiger partial charge in [0.05, 0.1) is 6.61 Å². The lowest BCUT2D eigenvalue weighted by Crippen LogP contribution is -2.16. The Morgan fingerprint density at radius 3 is 2.79 bits per heavy atom. The zero-order chi connectivity index (χ0) is 14.1. The molecule has 0 amide bonds. The van der Waals surface area contributed by atoms with Crippen molar-refractivity contribution in [1.82, 2.24) is 0 Å². The topological polar surface area (TPSA) is 47.3 Å². The van der Waals surface area contributed by atoms with Gasteiger partial charge in [0.25, 0.3) is 0 Å². The molecule has 108 valence electrons. The highest BCUT2D eigenvalue weighted by molar-refractivity contribution is 7.99. The lowest BCUT2D eigenvalue weighted by molar-refractivity contribution is 0.318. The number of ether oxygens (including phenoxy) is 1. The summed E-state index contributed by atoms with van der Waals surface area (Å²) in [6, 6.07) is 6.30. The summed E-state index contributed by atoms with van der Waals surface area (Å²) in [6.07, 6.45) is 2.15. The van der Waals surface area contributed by atoms with E-state index in [0.29, 0.717) is 6.04 Å². The van der Waals surface area contributed by atoms with Gasteiger partial charge in [0.2, 0.25) is 0 Å². The lowest BCUT2D eigenvalue weighted by atomic mass is 10.2. The second-order valence-corrected chi connectivity index (χ2v) is 6.06. The molecule has 1 aromatic rings. The Morgan fingerprint density at radius 2 is 2.11 bits per heavy atom. The number of hydrogen-bond donors (Lipinski definition) is 2. The van der Waals surface area contributed by atoms with Gasteiger partial charge in [-0.15, -0.1) is 0 Å². The Morgan fingerprint density at radius 1 is 1.32 bits per heavy atom. The van der Waals surface area contributed by atoms with Crippen LogP contribution in [0.2, 0.25) is 0 Å². The first-order valence-electron chi connectivity index (χ1n) is 7.03. The monoisotopic (exact) mass is 282 g/mol. The fourth-order valence-corrected chi connectivity index (χ4v) is 2.58. The van der Waals surface area contributed by atoms with Gasteiger partial charge < -0.3 is 15.8 Å². The number of nitrogens with one attached hydrogen (secondary N) is 1. The zero-order valence-electron chi connectivity index (χ0n) is 12.2. The highest BCUT2D eigenvalue weighted by Crippen LogP contribution is 2.23. The third kappa shape index (κ3) is 6.62.